The zero-order chi connectivity index (χ0) is 15.4. The summed E-state index contributed by atoms with van der Waals surface area (Å²) in [5, 5.41) is 8.62. The van der Waals surface area contributed by atoms with Crippen LogP contribution >= 0.6 is 25.3 Å². The fourth-order valence-electron chi connectivity index (χ4n) is 2.28. The summed E-state index contributed by atoms with van der Waals surface area (Å²) in [6.07, 6.45) is 3.51. The van der Waals surface area contributed by atoms with Gasteiger partial charge >= 0.3 is 0 Å². The Morgan fingerprint density at radius 3 is 2.41 bits per heavy atom. The topological polar surface area (TPSA) is 43.6 Å². The van der Waals surface area contributed by atoms with Crippen LogP contribution < -0.4 is 0 Å². The van der Waals surface area contributed by atoms with E-state index < -0.39 is 0 Å². The van der Waals surface area contributed by atoms with Crippen LogP contribution in [0, 0.1) is 0 Å². The smallest absolute Gasteiger partial charge is 0.164 e. The first-order valence-electron chi connectivity index (χ1n) is 6.96. The highest BCUT2D eigenvalue weighted by Gasteiger charge is 2.18. The van der Waals surface area contributed by atoms with Crippen LogP contribution in [0.15, 0.2) is 54.9 Å². The van der Waals surface area contributed by atoms with E-state index in [0.717, 1.165) is 17.2 Å². The number of pyridine rings is 1. The first-order valence-corrected chi connectivity index (χ1v) is 8.11. The van der Waals surface area contributed by atoms with Crippen molar-refractivity contribution >= 4 is 25.3 Å². The SMILES string of the molecule is SCC(S)c1nnc(-c2ccncc2)n1Cc1ccccc1. The van der Waals surface area contributed by atoms with Crippen molar-refractivity contribution in [3.63, 3.8) is 0 Å². The van der Waals surface area contributed by atoms with E-state index in [1.54, 1.807) is 12.4 Å². The van der Waals surface area contributed by atoms with Crippen LogP contribution in [0.5, 0.6) is 0 Å². The predicted octanol–water partition coefficient (Wildman–Crippen LogP) is 3.29. The van der Waals surface area contributed by atoms with Crippen molar-refractivity contribution in [3.8, 4) is 11.4 Å². The van der Waals surface area contributed by atoms with E-state index in [-0.39, 0.29) is 5.25 Å². The molecule has 0 fully saturated rings. The molecule has 112 valence electrons. The number of thiol groups is 2. The summed E-state index contributed by atoms with van der Waals surface area (Å²) in [7, 11) is 0. The lowest BCUT2D eigenvalue weighted by molar-refractivity contribution is 0.736. The largest absolute Gasteiger partial charge is 0.306 e. The van der Waals surface area contributed by atoms with Gasteiger partial charge < -0.3 is 4.57 Å². The third-order valence-electron chi connectivity index (χ3n) is 3.37. The molecule has 0 radical (unpaired) electrons. The van der Waals surface area contributed by atoms with Gasteiger partial charge in [-0.25, -0.2) is 0 Å². The summed E-state index contributed by atoms with van der Waals surface area (Å²) >= 11 is 8.90. The summed E-state index contributed by atoms with van der Waals surface area (Å²) < 4.78 is 2.10. The molecular formula is C16H16N4S2. The van der Waals surface area contributed by atoms with E-state index in [4.69, 9.17) is 0 Å². The molecule has 3 rings (SSSR count). The number of aromatic nitrogens is 4. The standard InChI is InChI=1S/C16H16N4S2/c21-11-14(22)16-19-18-15(13-6-8-17-9-7-13)20(16)10-12-4-2-1-3-5-12/h1-9,14,21-22H,10-11H2. The summed E-state index contributed by atoms with van der Waals surface area (Å²) in [5.41, 5.74) is 2.18. The maximum atomic E-state index is 4.57. The highest BCUT2D eigenvalue weighted by atomic mass is 32.1. The van der Waals surface area contributed by atoms with Gasteiger partial charge in [-0.15, -0.1) is 10.2 Å². The maximum absolute atomic E-state index is 4.57. The average molecular weight is 328 g/mol. The summed E-state index contributed by atoms with van der Waals surface area (Å²) in [4.78, 5) is 4.06. The van der Waals surface area contributed by atoms with E-state index in [1.807, 2.05) is 30.3 Å². The van der Waals surface area contributed by atoms with E-state index in [1.165, 1.54) is 5.56 Å². The zero-order valence-corrected chi connectivity index (χ0v) is 13.7. The summed E-state index contributed by atoms with van der Waals surface area (Å²) in [6, 6.07) is 14.1. The molecule has 6 heteroatoms. The molecule has 1 unspecified atom stereocenters. The molecule has 2 aromatic heterocycles. The van der Waals surface area contributed by atoms with Crippen LogP contribution in [0.1, 0.15) is 16.6 Å². The minimum Gasteiger partial charge on any atom is -0.306 e. The molecule has 0 saturated carbocycles. The van der Waals surface area contributed by atoms with Gasteiger partial charge in [0.15, 0.2) is 5.82 Å². The number of hydrogen-bond donors (Lipinski definition) is 2. The minimum absolute atomic E-state index is 0.0601. The summed E-state index contributed by atoms with van der Waals surface area (Å²) in [5.74, 6) is 2.25. The van der Waals surface area contributed by atoms with Gasteiger partial charge in [0, 0.05) is 23.7 Å². The highest BCUT2D eigenvalue weighted by molar-refractivity contribution is 7.84. The lowest BCUT2D eigenvalue weighted by Crippen LogP contribution is -2.09. The van der Waals surface area contributed by atoms with Crippen molar-refractivity contribution < 1.29 is 0 Å². The summed E-state index contributed by atoms with van der Waals surface area (Å²) in [6.45, 7) is 0.700. The number of rotatable bonds is 5. The molecule has 3 aromatic rings. The molecule has 0 N–H and O–H groups in total. The second-order valence-corrected chi connectivity index (χ2v) is 5.88. The van der Waals surface area contributed by atoms with Crippen molar-refractivity contribution in [1.29, 1.82) is 0 Å². The number of hydrogen-bond acceptors (Lipinski definition) is 5. The molecule has 1 atom stereocenters. The van der Waals surface area contributed by atoms with E-state index >= 15 is 0 Å². The Bertz CT molecular complexity index is 728. The molecule has 0 aliphatic heterocycles. The molecule has 0 saturated heterocycles. The van der Waals surface area contributed by atoms with E-state index in [9.17, 15) is 0 Å². The third-order valence-corrected chi connectivity index (χ3v) is 4.44. The Labute approximate surface area is 140 Å². The van der Waals surface area contributed by atoms with Crippen molar-refractivity contribution in [2.24, 2.45) is 0 Å². The molecule has 0 bridgehead atoms. The highest BCUT2D eigenvalue weighted by Crippen LogP contribution is 2.25. The first-order chi connectivity index (χ1) is 10.8. The molecule has 4 nitrogen and oxygen atoms in total. The zero-order valence-electron chi connectivity index (χ0n) is 11.9. The molecule has 0 spiro atoms. The molecular weight excluding hydrogens is 312 g/mol. The third kappa shape index (κ3) is 3.18. The lowest BCUT2D eigenvalue weighted by Gasteiger charge is -2.13. The van der Waals surface area contributed by atoms with Gasteiger partial charge in [-0.05, 0) is 17.7 Å². The molecule has 22 heavy (non-hydrogen) atoms. The Morgan fingerprint density at radius 2 is 1.73 bits per heavy atom. The normalized spacial score (nSPS) is 12.3. The van der Waals surface area contributed by atoms with Gasteiger partial charge in [0.2, 0.25) is 0 Å². The Kier molecular flexibility index (Phi) is 4.80. The van der Waals surface area contributed by atoms with Crippen LogP contribution in [0.25, 0.3) is 11.4 Å². The molecule has 1 aromatic carbocycles. The van der Waals surface area contributed by atoms with Gasteiger partial charge in [0.25, 0.3) is 0 Å². The fraction of sp³-hybridized carbons (Fsp3) is 0.188. The van der Waals surface area contributed by atoms with Crippen molar-refractivity contribution in [3.05, 3.63) is 66.2 Å². The Balaban J connectivity index is 2.05. The van der Waals surface area contributed by atoms with Gasteiger partial charge in [0.1, 0.15) is 5.82 Å². The van der Waals surface area contributed by atoms with Gasteiger partial charge in [-0.3, -0.25) is 4.98 Å². The Morgan fingerprint density at radius 1 is 1.00 bits per heavy atom. The van der Waals surface area contributed by atoms with Crippen LogP contribution in [0.2, 0.25) is 0 Å². The van der Waals surface area contributed by atoms with Gasteiger partial charge in [-0.1, -0.05) is 30.3 Å². The second kappa shape index (κ2) is 6.98. The Hall–Kier alpha value is -1.79. The predicted molar refractivity (Wildman–Crippen MR) is 94.4 cm³/mol. The monoisotopic (exact) mass is 328 g/mol. The number of benzene rings is 1. The maximum Gasteiger partial charge on any atom is 0.164 e. The van der Waals surface area contributed by atoms with Crippen LogP contribution in [-0.4, -0.2) is 25.5 Å². The van der Waals surface area contributed by atoms with Crippen LogP contribution in [-0.2, 0) is 6.54 Å². The van der Waals surface area contributed by atoms with Gasteiger partial charge in [0.05, 0.1) is 11.8 Å². The molecule has 2 heterocycles. The number of nitrogens with zero attached hydrogens (tertiary/aromatic N) is 4. The fourth-order valence-corrected chi connectivity index (χ4v) is 2.63. The van der Waals surface area contributed by atoms with Crippen LogP contribution in [0.3, 0.4) is 0 Å². The first kappa shape index (κ1) is 15.1. The van der Waals surface area contributed by atoms with Crippen LogP contribution in [0.4, 0.5) is 0 Å². The molecule has 0 aliphatic rings. The average Bonchev–Trinajstić information content (AvgIpc) is 2.99. The van der Waals surface area contributed by atoms with Crippen molar-refractivity contribution in [2.75, 3.05) is 5.75 Å². The van der Waals surface area contributed by atoms with Crippen molar-refractivity contribution in [1.82, 2.24) is 19.7 Å². The lowest BCUT2D eigenvalue weighted by atomic mass is 10.2. The quantitative estimate of drug-likeness (QED) is 0.706. The molecule has 0 amide bonds. The van der Waals surface area contributed by atoms with Crippen molar-refractivity contribution in [2.45, 2.75) is 11.8 Å². The van der Waals surface area contributed by atoms with E-state index in [2.05, 4.69) is 57.1 Å². The molecule has 0 aliphatic carbocycles. The minimum atomic E-state index is -0.0601. The second-order valence-electron chi connectivity index (χ2n) is 4.89. The van der Waals surface area contributed by atoms with Gasteiger partial charge in [-0.2, -0.15) is 25.3 Å². The van der Waals surface area contributed by atoms with E-state index in [0.29, 0.717) is 12.3 Å².